The van der Waals surface area contributed by atoms with Crippen LogP contribution in [0, 0.1) is 6.92 Å². The van der Waals surface area contributed by atoms with Crippen molar-refractivity contribution in [1.82, 2.24) is 15.8 Å². The molecule has 6 nitrogen and oxygen atoms in total. The normalized spacial score (nSPS) is 11.2. The molecule has 9 heteroatoms. The van der Waals surface area contributed by atoms with Crippen molar-refractivity contribution < 1.29 is 27.2 Å². The number of nitrogens with one attached hydrogen (secondary N) is 2. The van der Waals surface area contributed by atoms with Crippen molar-refractivity contribution >= 4 is 11.8 Å². The molecule has 0 bridgehead atoms. The summed E-state index contributed by atoms with van der Waals surface area (Å²) in [7, 11) is 0. The first-order chi connectivity index (χ1) is 13.8. The number of oxazole rings is 1. The van der Waals surface area contributed by atoms with Crippen molar-refractivity contribution in [3.05, 3.63) is 88.6 Å². The Hall–Kier alpha value is -3.62. The van der Waals surface area contributed by atoms with Gasteiger partial charge in [-0.25, -0.2) is 4.98 Å². The smallest absolute Gasteiger partial charge is 0.416 e. The third-order valence-corrected chi connectivity index (χ3v) is 4.18. The van der Waals surface area contributed by atoms with E-state index in [1.54, 1.807) is 31.2 Å². The molecule has 2 aromatic carbocycles. The van der Waals surface area contributed by atoms with E-state index in [0.29, 0.717) is 16.8 Å². The van der Waals surface area contributed by atoms with Crippen LogP contribution in [0.5, 0.6) is 0 Å². The lowest BCUT2D eigenvalue weighted by atomic mass is 9.98. The molecular weight excluding hydrogens is 387 g/mol. The van der Waals surface area contributed by atoms with Gasteiger partial charge in [-0.2, -0.15) is 13.2 Å². The summed E-state index contributed by atoms with van der Waals surface area (Å²) in [6.45, 7) is 1.58. The van der Waals surface area contributed by atoms with Crippen LogP contribution in [0.2, 0.25) is 0 Å². The Morgan fingerprint density at radius 2 is 1.66 bits per heavy atom. The summed E-state index contributed by atoms with van der Waals surface area (Å²) < 4.78 is 43.0. The number of hydrogen-bond donors (Lipinski definition) is 2. The number of hydrogen-bond acceptors (Lipinski definition) is 4. The quantitative estimate of drug-likeness (QED) is 0.651. The third kappa shape index (κ3) is 4.81. The number of aryl methyl sites for hydroxylation is 1. The van der Waals surface area contributed by atoms with Crippen LogP contribution in [0.1, 0.15) is 43.3 Å². The average Bonchev–Trinajstić information content (AvgIpc) is 3.12. The van der Waals surface area contributed by atoms with Crippen molar-refractivity contribution in [3.8, 4) is 0 Å². The Labute approximate surface area is 163 Å². The molecule has 0 unspecified atom stereocenters. The second-order valence-corrected chi connectivity index (χ2v) is 6.20. The molecule has 3 rings (SSSR count). The summed E-state index contributed by atoms with van der Waals surface area (Å²) in [6.07, 6.45) is -3.04. The second-order valence-electron chi connectivity index (χ2n) is 6.20. The molecule has 0 aliphatic carbocycles. The van der Waals surface area contributed by atoms with Gasteiger partial charge < -0.3 is 4.42 Å². The van der Waals surface area contributed by atoms with Crippen LogP contribution in [0.4, 0.5) is 13.2 Å². The van der Waals surface area contributed by atoms with Gasteiger partial charge in [0.05, 0.1) is 11.3 Å². The maximum absolute atomic E-state index is 12.7. The number of alkyl halides is 3. The summed E-state index contributed by atoms with van der Waals surface area (Å²) in [5.41, 5.74) is 5.66. The monoisotopic (exact) mass is 403 g/mol. The molecule has 0 atom stereocenters. The number of carbonyl (C=O) groups is 2. The van der Waals surface area contributed by atoms with E-state index in [4.69, 9.17) is 4.42 Å². The van der Waals surface area contributed by atoms with Gasteiger partial charge in [0.15, 0.2) is 6.39 Å². The Morgan fingerprint density at radius 3 is 2.28 bits per heavy atom. The minimum Gasteiger partial charge on any atom is -0.438 e. The first kappa shape index (κ1) is 20.1. The number of aromatic nitrogens is 1. The first-order valence-electron chi connectivity index (χ1n) is 8.50. The summed E-state index contributed by atoms with van der Waals surface area (Å²) in [6, 6.07) is 11.3. The molecule has 3 aromatic rings. The SMILES string of the molecule is Cc1ncoc1C(=O)NNC(=O)c1ccccc1Cc1ccc(C(F)(F)F)cc1. The molecule has 0 saturated heterocycles. The van der Waals surface area contributed by atoms with Crippen molar-refractivity contribution in [1.29, 1.82) is 0 Å². The average molecular weight is 403 g/mol. The zero-order chi connectivity index (χ0) is 21.0. The van der Waals surface area contributed by atoms with E-state index in [1.165, 1.54) is 12.1 Å². The van der Waals surface area contributed by atoms with Crippen molar-refractivity contribution in [2.45, 2.75) is 19.5 Å². The molecule has 0 radical (unpaired) electrons. The Kier molecular flexibility index (Phi) is 5.67. The van der Waals surface area contributed by atoms with Crippen molar-refractivity contribution in [2.75, 3.05) is 0 Å². The summed E-state index contributed by atoms with van der Waals surface area (Å²) >= 11 is 0. The fraction of sp³-hybridized carbons (Fsp3) is 0.150. The highest BCUT2D eigenvalue weighted by atomic mass is 19.4. The van der Waals surface area contributed by atoms with Gasteiger partial charge in [0.25, 0.3) is 5.91 Å². The van der Waals surface area contributed by atoms with Crippen LogP contribution in [-0.2, 0) is 12.6 Å². The van der Waals surface area contributed by atoms with Gasteiger partial charge in [-0.15, -0.1) is 0 Å². The number of nitrogens with zero attached hydrogens (tertiary/aromatic N) is 1. The molecule has 1 aromatic heterocycles. The van der Waals surface area contributed by atoms with Gasteiger partial charge in [-0.05, 0) is 42.7 Å². The second kappa shape index (κ2) is 8.17. The number of hydrazine groups is 1. The van der Waals surface area contributed by atoms with Crippen LogP contribution < -0.4 is 10.9 Å². The molecule has 0 saturated carbocycles. The fourth-order valence-corrected chi connectivity index (χ4v) is 2.68. The summed E-state index contributed by atoms with van der Waals surface area (Å²) in [5.74, 6) is -1.25. The van der Waals surface area contributed by atoms with Gasteiger partial charge in [-0.3, -0.25) is 20.4 Å². The van der Waals surface area contributed by atoms with E-state index in [-0.39, 0.29) is 17.7 Å². The van der Waals surface area contributed by atoms with Crippen LogP contribution in [-0.4, -0.2) is 16.8 Å². The van der Waals surface area contributed by atoms with Gasteiger partial charge in [0, 0.05) is 5.56 Å². The van der Waals surface area contributed by atoms with Crippen molar-refractivity contribution in [3.63, 3.8) is 0 Å². The zero-order valence-corrected chi connectivity index (χ0v) is 15.2. The van der Waals surface area contributed by atoms with Gasteiger partial charge >= 0.3 is 12.1 Å². The maximum Gasteiger partial charge on any atom is 0.416 e. The van der Waals surface area contributed by atoms with E-state index in [9.17, 15) is 22.8 Å². The first-order valence-corrected chi connectivity index (χ1v) is 8.50. The third-order valence-electron chi connectivity index (χ3n) is 4.18. The number of carbonyl (C=O) groups excluding carboxylic acids is 2. The van der Waals surface area contributed by atoms with E-state index in [0.717, 1.165) is 18.5 Å². The fourth-order valence-electron chi connectivity index (χ4n) is 2.68. The molecule has 1 heterocycles. The molecule has 29 heavy (non-hydrogen) atoms. The number of amides is 2. The van der Waals surface area contributed by atoms with Crippen LogP contribution in [0.3, 0.4) is 0 Å². The molecule has 0 spiro atoms. The van der Waals surface area contributed by atoms with Gasteiger partial charge in [-0.1, -0.05) is 30.3 Å². The zero-order valence-electron chi connectivity index (χ0n) is 15.2. The Bertz CT molecular complexity index is 1030. The van der Waals surface area contributed by atoms with Crippen molar-refractivity contribution in [2.24, 2.45) is 0 Å². The standard InChI is InChI=1S/C20H16F3N3O3/c1-12-17(29-11-24-12)19(28)26-25-18(27)16-5-3-2-4-14(16)10-13-6-8-15(9-7-13)20(21,22)23/h2-9,11H,10H2,1H3,(H,25,27)(H,26,28). The van der Waals surface area contributed by atoms with Gasteiger partial charge in [0.1, 0.15) is 0 Å². The lowest BCUT2D eigenvalue weighted by Crippen LogP contribution is -2.42. The van der Waals surface area contributed by atoms with Crippen LogP contribution in [0.25, 0.3) is 0 Å². The van der Waals surface area contributed by atoms with E-state index < -0.39 is 23.6 Å². The predicted molar refractivity (Wildman–Crippen MR) is 96.9 cm³/mol. The highest BCUT2D eigenvalue weighted by Crippen LogP contribution is 2.29. The lowest BCUT2D eigenvalue weighted by molar-refractivity contribution is -0.137. The Balaban J connectivity index is 1.70. The number of benzene rings is 2. The van der Waals surface area contributed by atoms with Gasteiger partial charge in [0.2, 0.25) is 5.76 Å². The molecule has 2 amide bonds. The predicted octanol–water partition coefficient (Wildman–Crippen LogP) is 3.67. The summed E-state index contributed by atoms with van der Waals surface area (Å²) in [4.78, 5) is 28.3. The lowest BCUT2D eigenvalue weighted by Gasteiger charge is -2.12. The van der Waals surface area contributed by atoms with E-state index in [2.05, 4.69) is 15.8 Å². The minimum atomic E-state index is -4.41. The molecule has 2 N–H and O–H groups in total. The van der Waals surface area contributed by atoms with E-state index >= 15 is 0 Å². The molecule has 0 aliphatic rings. The molecule has 0 aliphatic heterocycles. The largest absolute Gasteiger partial charge is 0.438 e. The van der Waals surface area contributed by atoms with Crippen LogP contribution >= 0.6 is 0 Å². The highest BCUT2D eigenvalue weighted by Gasteiger charge is 2.30. The summed E-state index contributed by atoms with van der Waals surface area (Å²) in [5, 5.41) is 0. The van der Waals surface area contributed by atoms with E-state index in [1.807, 2.05) is 0 Å². The van der Waals surface area contributed by atoms with Crippen LogP contribution in [0.15, 0.2) is 59.3 Å². The minimum absolute atomic E-state index is 0.0247. The maximum atomic E-state index is 12.7. The Morgan fingerprint density at radius 1 is 1.00 bits per heavy atom. The highest BCUT2D eigenvalue weighted by molar-refractivity contribution is 5.99. The molecule has 0 fully saturated rings. The number of halogens is 3. The molecule has 150 valence electrons. The molecular formula is C20H16F3N3O3. The number of rotatable bonds is 4. The topological polar surface area (TPSA) is 84.2 Å².